The SMILES string of the molecule is O=C1CC(c2ccco2)CC(=O)C1=C1N(Cc2ccccc2)CCN1Cc1ccccc1. The van der Waals surface area contributed by atoms with Gasteiger partial charge in [-0.05, 0) is 23.3 Å². The number of Topliss-reactive ketones (excluding diaryl/α,β-unsaturated/α-hetero) is 2. The fraction of sp³-hybridized carbons (Fsp3) is 0.259. The molecule has 5 nitrogen and oxygen atoms in total. The van der Waals surface area contributed by atoms with Crippen molar-refractivity contribution in [3.63, 3.8) is 0 Å². The van der Waals surface area contributed by atoms with Crippen molar-refractivity contribution in [2.24, 2.45) is 0 Å². The molecule has 2 heterocycles. The lowest BCUT2D eigenvalue weighted by Gasteiger charge is -2.30. The Morgan fingerprint density at radius 1 is 0.719 bits per heavy atom. The van der Waals surface area contributed by atoms with E-state index in [9.17, 15) is 9.59 Å². The first-order valence-corrected chi connectivity index (χ1v) is 11.1. The summed E-state index contributed by atoms with van der Waals surface area (Å²) in [6.07, 6.45) is 2.20. The van der Waals surface area contributed by atoms with Gasteiger partial charge in [-0.15, -0.1) is 0 Å². The summed E-state index contributed by atoms with van der Waals surface area (Å²) in [4.78, 5) is 31.0. The Balaban J connectivity index is 1.49. The smallest absolute Gasteiger partial charge is 0.170 e. The van der Waals surface area contributed by atoms with Crippen LogP contribution in [-0.2, 0) is 22.7 Å². The normalized spacial score (nSPS) is 19.2. The van der Waals surface area contributed by atoms with Crippen molar-refractivity contribution in [3.8, 4) is 0 Å². The van der Waals surface area contributed by atoms with Gasteiger partial charge in [0, 0.05) is 44.9 Å². The Kier molecular flexibility index (Phi) is 5.63. The second-order valence-corrected chi connectivity index (χ2v) is 8.48. The molecule has 0 atom stereocenters. The number of hydrogen-bond donors (Lipinski definition) is 0. The summed E-state index contributed by atoms with van der Waals surface area (Å²) in [5, 5.41) is 0. The van der Waals surface area contributed by atoms with Crippen LogP contribution in [0.25, 0.3) is 0 Å². The van der Waals surface area contributed by atoms with Gasteiger partial charge in [0.25, 0.3) is 0 Å². The average molecular weight is 427 g/mol. The Labute approximate surface area is 187 Å². The van der Waals surface area contributed by atoms with Crippen LogP contribution in [0, 0.1) is 0 Å². The highest BCUT2D eigenvalue weighted by Gasteiger charge is 2.39. The van der Waals surface area contributed by atoms with Crippen molar-refractivity contribution in [1.82, 2.24) is 9.80 Å². The first-order valence-electron chi connectivity index (χ1n) is 11.1. The van der Waals surface area contributed by atoms with Gasteiger partial charge in [-0.1, -0.05) is 60.7 Å². The minimum absolute atomic E-state index is 0.0873. The van der Waals surface area contributed by atoms with E-state index < -0.39 is 0 Å². The highest BCUT2D eigenvalue weighted by Crippen LogP contribution is 2.36. The number of hydrogen-bond acceptors (Lipinski definition) is 5. The molecule has 5 heteroatoms. The van der Waals surface area contributed by atoms with Gasteiger partial charge in [-0.3, -0.25) is 9.59 Å². The minimum Gasteiger partial charge on any atom is -0.469 e. The second-order valence-electron chi connectivity index (χ2n) is 8.48. The van der Waals surface area contributed by atoms with Crippen LogP contribution in [0.4, 0.5) is 0 Å². The lowest BCUT2D eigenvalue weighted by molar-refractivity contribution is -0.125. The van der Waals surface area contributed by atoms with Crippen molar-refractivity contribution >= 4 is 11.6 Å². The van der Waals surface area contributed by atoms with Crippen molar-refractivity contribution in [2.45, 2.75) is 31.8 Å². The van der Waals surface area contributed by atoms with E-state index in [-0.39, 0.29) is 17.5 Å². The number of carbonyl (C=O) groups is 2. The Morgan fingerprint density at radius 3 is 1.72 bits per heavy atom. The van der Waals surface area contributed by atoms with E-state index in [1.165, 1.54) is 0 Å². The van der Waals surface area contributed by atoms with Gasteiger partial charge in [0.1, 0.15) is 17.2 Å². The number of allylic oxidation sites excluding steroid dienone is 1. The van der Waals surface area contributed by atoms with Crippen molar-refractivity contribution < 1.29 is 14.0 Å². The highest BCUT2D eigenvalue weighted by atomic mass is 16.3. The van der Waals surface area contributed by atoms with Crippen LogP contribution >= 0.6 is 0 Å². The predicted octanol–water partition coefficient (Wildman–Crippen LogP) is 4.52. The molecular formula is C27H26N2O3. The molecule has 32 heavy (non-hydrogen) atoms. The zero-order valence-electron chi connectivity index (χ0n) is 17.9. The monoisotopic (exact) mass is 426 g/mol. The van der Waals surface area contributed by atoms with Crippen molar-refractivity contribution in [1.29, 1.82) is 0 Å². The van der Waals surface area contributed by atoms with Crippen LogP contribution < -0.4 is 0 Å². The van der Waals surface area contributed by atoms with E-state index in [0.717, 1.165) is 30.0 Å². The summed E-state index contributed by atoms with van der Waals surface area (Å²) >= 11 is 0. The topological polar surface area (TPSA) is 53.8 Å². The molecular weight excluding hydrogens is 400 g/mol. The molecule has 1 aromatic heterocycles. The number of furan rings is 1. The molecule has 0 radical (unpaired) electrons. The predicted molar refractivity (Wildman–Crippen MR) is 121 cm³/mol. The largest absolute Gasteiger partial charge is 0.469 e. The quantitative estimate of drug-likeness (QED) is 0.443. The van der Waals surface area contributed by atoms with Gasteiger partial charge in [0.2, 0.25) is 0 Å². The Hall–Kier alpha value is -3.60. The van der Waals surface area contributed by atoms with Gasteiger partial charge in [0.05, 0.1) is 6.26 Å². The van der Waals surface area contributed by atoms with Crippen LogP contribution in [0.5, 0.6) is 0 Å². The molecule has 1 aliphatic carbocycles. The molecule has 2 aromatic carbocycles. The molecule has 2 fully saturated rings. The number of benzene rings is 2. The van der Waals surface area contributed by atoms with E-state index in [1.807, 2.05) is 42.5 Å². The third kappa shape index (κ3) is 4.11. The molecule has 0 N–H and O–H groups in total. The van der Waals surface area contributed by atoms with E-state index >= 15 is 0 Å². The molecule has 0 unspecified atom stereocenters. The third-order valence-corrected chi connectivity index (χ3v) is 6.26. The molecule has 0 spiro atoms. The number of carbonyl (C=O) groups excluding carboxylic acids is 2. The second kappa shape index (κ2) is 8.87. The molecule has 0 amide bonds. The van der Waals surface area contributed by atoms with Crippen LogP contribution in [0.1, 0.15) is 35.6 Å². The summed E-state index contributed by atoms with van der Waals surface area (Å²) in [5.74, 6) is 1.14. The molecule has 1 aliphatic heterocycles. The van der Waals surface area contributed by atoms with E-state index in [1.54, 1.807) is 12.3 Å². The summed E-state index contributed by atoms with van der Waals surface area (Å²) in [6, 6.07) is 24.1. The lowest BCUT2D eigenvalue weighted by atomic mass is 9.82. The number of nitrogens with zero attached hydrogens (tertiary/aromatic N) is 2. The zero-order chi connectivity index (χ0) is 21.9. The first-order chi connectivity index (χ1) is 15.7. The average Bonchev–Trinajstić information content (AvgIpc) is 3.47. The number of ketones is 2. The van der Waals surface area contributed by atoms with Crippen molar-refractivity contribution in [3.05, 3.63) is 107 Å². The molecule has 1 saturated heterocycles. The molecule has 0 bridgehead atoms. The molecule has 1 saturated carbocycles. The highest BCUT2D eigenvalue weighted by molar-refractivity contribution is 6.22. The fourth-order valence-corrected chi connectivity index (χ4v) is 4.74. The number of rotatable bonds is 5. The maximum absolute atomic E-state index is 13.3. The molecule has 2 aliphatic rings. The standard InChI is InChI=1S/C27H26N2O3/c30-23-16-22(25-12-7-15-32-25)17-24(31)26(23)27-28(18-20-8-3-1-4-9-20)13-14-29(27)19-21-10-5-2-6-11-21/h1-12,15,22H,13-14,16-19H2. The molecule has 3 aromatic rings. The van der Waals surface area contributed by atoms with Gasteiger partial charge >= 0.3 is 0 Å². The van der Waals surface area contributed by atoms with Crippen LogP contribution in [0.15, 0.2) is 94.9 Å². The van der Waals surface area contributed by atoms with Crippen molar-refractivity contribution in [2.75, 3.05) is 13.1 Å². The van der Waals surface area contributed by atoms with Crippen LogP contribution in [0.3, 0.4) is 0 Å². The Morgan fingerprint density at radius 2 is 1.25 bits per heavy atom. The van der Waals surface area contributed by atoms with Gasteiger partial charge < -0.3 is 14.2 Å². The van der Waals surface area contributed by atoms with Crippen LogP contribution in [-0.4, -0.2) is 34.5 Å². The van der Waals surface area contributed by atoms with Gasteiger partial charge in [-0.2, -0.15) is 0 Å². The van der Waals surface area contributed by atoms with Gasteiger partial charge in [-0.25, -0.2) is 0 Å². The fourth-order valence-electron chi connectivity index (χ4n) is 4.74. The van der Waals surface area contributed by atoms with Gasteiger partial charge in [0.15, 0.2) is 11.6 Å². The summed E-state index contributed by atoms with van der Waals surface area (Å²) in [7, 11) is 0. The van der Waals surface area contributed by atoms with E-state index in [4.69, 9.17) is 4.42 Å². The summed E-state index contributed by atoms with van der Waals surface area (Å²) < 4.78 is 5.49. The zero-order valence-corrected chi connectivity index (χ0v) is 17.9. The third-order valence-electron chi connectivity index (χ3n) is 6.26. The maximum atomic E-state index is 13.3. The van der Waals surface area contributed by atoms with Crippen LogP contribution in [0.2, 0.25) is 0 Å². The van der Waals surface area contributed by atoms with E-state index in [2.05, 4.69) is 34.1 Å². The maximum Gasteiger partial charge on any atom is 0.170 e. The minimum atomic E-state index is -0.180. The summed E-state index contributed by atoms with van der Waals surface area (Å²) in [6.45, 7) is 2.91. The molecule has 162 valence electrons. The molecule has 5 rings (SSSR count). The lowest BCUT2D eigenvalue weighted by Crippen LogP contribution is -2.33. The van der Waals surface area contributed by atoms with E-state index in [0.29, 0.717) is 37.3 Å². The Bertz CT molecular complexity index is 1050. The first kappa shape index (κ1) is 20.3. The summed E-state index contributed by atoms with van der Waals surface area (Å²) in [5.41, 5.74) is 2.69.